The minimum atomic E-state index is -0.312. The van der Waals surface area contributed by atoms with Crippen LogP contribution in [0.15, 0.2) is 89.8 Å². The van der Waals surface area contributed by atoms with Crippen LogP contribution in [0.5, 0.6) is 0 Å². The highest BCUT2D eigenvalue weighted by Crippen LogP contribution is 2.31. The number of nitrogens with one attached hydrogen (secondary N) is 1. The predicted octanol–water partition coefficient (Wildman–Crippen LogP) is 5.49. The normalized spacial score (nSPS) is 11.5. The van der Waals surface area contributed by atoms with Gasteiger partial charge in [-0.1, -0.05) is 42.5 Å². The quantitative estimate of drug-likeness (QED) is 0.566. The second kappa shape index (κ2) is 9.24. The lowest BCUT2D eigenvalue weighted by Crippen LogP contribution is -2.32. The Labute approximate surface area is 169 Å². The average molecular weight is 391 g/mol. The largest absolute Gasteiger partial charge is 0.326 e. The molecule has 0 heterocycles. The molecule has 0 fully saturated rings. The average Bonchev–Trinajstić information content (AvgIpc) is 2.69. The van der Waals surface area contributed by atoms with Crippen LogP contribution in [-0.2, 0) is 9.59 Å². The van der Waals surface area contributed by atoms with Crippen LogP contribution >= 0.6 is 11.8 Å². The van der Waals surface area contributed by atoms with Gasteiger partial charge in [0, 0.05) is 28.9 Å². The van der Waals surface area contributed by atoms with Crippen molar-refractivity contribution in [1.82, 2.24) is 0 Å². The zero-order valence-corrected chi connectivity index (χ0v) is 16.6. The molecule has 0 aromatic heterocycles. The molecule has 5 heteroatoms. The molecule has 28 heavy (non-hydrogen) atoms. The van der Waals surface area contributed by atoms with Gasteiger partial charge in [0.05, 0.1) is 5.25 Å². The third-order valence-electron chi connectivity index (χ3n) is 4.06. The molecule has 0 saturated heterocycles. The van der Waals surface area contributed by atoms with Crippen molar-refractivity contribution in [2.24, 2.45) is 0 Å². The molecular formula is C23H22N2O2S. The lowest BCUT2D eigenvalue weighted by atomic mass is 10.2. The van der Waals surface area contributed by atoms with Crippen molar-refractivity contribution in [3.8, 4) is 0 Å². The summed E-state index contributed by atoms with van der Waals surface area (Å²) in [5.74, 6) is -0.127. The van der Waals surface area contributed by atoms with Crippen LogP contribution in [0.1, 0.15) is 13.8 Å². The van der Waals surface area contributed by atoms with Gasteiger partial charge in [-0.2, -0.15) is 0 Å². The monoisotopic (exact) mass is 390 g/mol. The molecule has 142 valence electrons. The first-order chi connectivity index (χ1) is 13.5. The number of carbonyl (C=O) groups excluding carboxylic acids is 2. The smallest absolute Gasteiger partial charge is 0.244 e. The van der Waals surface area contributed by atoms with E-state index in [1.807, 2.05) is 91.9 Å². The van der Waals surface area contributed by atoms with E-state index in [2.05, 4.69) is 5.32 Å². The van der Waals surface area contributed by atoms with E-state index < -0.39 is 0 Å². The minimum absolute atomic E-state index is 0.00710. The SMILES string of the molecule is CC(=O)Nc1cccc(SC(C)C(=O)N(c2ccccc2)c2ccccc2)c1. The molecule has 0 saturated carbocycles. The lowest BCUT2D eigenvalue weighted by molar-refractivity contribution is -0.117. The first kappa shape index (κ1) is 19.7. The highest BCUT2D eigenvalue weighted by Gasteiger charge is 2.24. The Balaban J connectivity index is 1.84. The van der Waals surface area contributed by atoms with Crippen LogP contribution in [0.4, 0.5) is 17.1 Å². The van der Waals surface area contributed by atoms with Gasteiger partial charge in [-0.05, 0) is 49.4 Å². The van der Waals surface area contributed by atoms with Crippen LogP contribution < -0.4 is 10.2 Å². The van der Waals surface area contributed by atoms with Crippen molar-refractivity contribution in [2.45, 2.75) is 24.0 Å². The van der Waals surface area contributed by atoms with Gasteiger partial charge in [0.1, 0.15) is 0 Å². The van der Waals surface area contributed by atoms with Crippen molar-refractivity contribution in [2.75, 3.05) is 10.2 Å². The van der Waals surface area contributed by atoms with Gasteiger partial charge in [0.2, 0.25) is 11.8 Å². The summed E-state index contributed by atoms with van der Waals surface area (Å²) in [4.78, 5) is 27.3. The number of para-hydroxylation sites is 2. The fourth-order valence-electron chi connectivity index (χ4n) is 2.84. The number of hydrogen-bond donors (Lipinski definition) is 1. The molecule has 3 aromatic carbocycles. The Morgan fingerprint density at radius 3 is 1.96 bits per heavy atom. The van der Waals surface area contributed by atoms with E-state index in [9.17, 15) is 9.59 Å². The van der Waals surface area contributed by atoms with E-state index in [1.54, 1.807) is 4.90 Å². The molecule has 1 unspecified atom stereocenters. The number of carbonyl (C=O) groups is 2. The van der Waals surface area contributed by atoms with Gasteiger partial charge in [0.25, 0.3) is 0 Å². The number of anilines is 3. The maximum absolute atomic E-state index is 13.3. The van der Waals surface area contributed by atoms with Crippen molar-refractivity contribution >= 4 is 40.6 Å². The second-order valence-electron chi connectivity index (χ2n) is 6.31. The van der Waals surface area contributed by atoms with Gasteiger partial charge >= 0.3 is 0 Å². The number of amides is 2. The molecule has 1 N–H and O–H groups in total. The molecule has 3 aromatic rings. The highest BCUT2D eigenvalue weighted by molar-refractivity contribution is 8.00. The summed E-state index contributed by atoms with van der Waals surface area (Å²) in [6.07, 6.45) is 0. The highest BCUT2D eigenvalue weighted by atomic mass is 32.2. The predicted molar refractivity (Wildman–Crippen MR) is 116 cm³/mol. The summed E-state index contributed by atoms with van der Waals surface area (Å²) < 4.78 is 0. The number of rotatable bonds is 6. The lowest BCUT2D eigenvalue weighted by Gasteiger charge is -2.26. The maximum Gasteiger partial charge on any atom is 0.244 e. The van der Waals surface area contributed by atoms with Gasteiger partial charge in [-0.3, -0.25) is 14.5 Å². The van der Waals surface area contributed by atoms with Crippen molar-refractivity contribution < 1.29 is 9.59 Å². The number of hydrogen-bond acceptors (Lipinski definition) is 3. The molecule has 1 atom stereocenters. The van der Waals surface area contributed by atoms with Gasteiger partial charge < -0.3 is 5.32 Å². The summed E-state index contributed by atoms with van der Waals surface area (Å²) >= 11 is 1.47. The van der Waals surface area contributed by atoms with Gasteiger partial charge in [0.15, 0.2) is 0 Å². The summed E-state index contributed by atoms with van der Waals surface area (Å²) in [7, 11) is 0. The van der Waals surface area contributed by atoms with Crippen molar-refractivity contribution in [1.29, 1.82) is 0 Å². The molecule has 2 amide bonds. The zero-order valence-electron chi connectivity index (χ0n) is 15.8. The molecule has 0 spiro atoms. The van der Waals surface area contributed by atoms with E-state index >= 15 is 0 Å². The Bertz CT molecular complexity index is 906. The molecular weight excluding hydrogens is 368 g/mol. The first-order valence-corrected chi connectivity index (χ1v) is 9.91. The van der Waals surface area contributed by atoms with E-state index in [1.165, 1.54) is 18.7 Å². The third-order valence-corrected chi connectivity index (χ3v) is 5.15. The molecule has 4 nitrogen and oxygen atoms in total. The maximum atomic E-state index is 13.3. The molecule has 0 radical (unpaired) electrons. The van der Waals surface area contributed by atoms with E-state index in [4.69, 9.17) is 0 Å². The third kappa shape index (κ3) is 5.02. The topological polar surface area (TPSA) is 49.4 Å². The van der Waals surface area contributed by atoms with Crippen LogP contribution in [0.3, 0.4) is 0 Å². The number of thioether (sulfide) groups is 1. The fourth-order valence-corrected chi connectivity index (χ4v) is 3.81. The zero-order chi connectivity index (χ0) is 19.9. The van der Waals surface area contributed by atoms with Gasteiger partial charge in [-0.15, -0.1) is 11.8 Å². The van der Waals surface area contributed by atoms with Gasteiger partial charge in [-0.25, -0.2) is 0 Å². The molecule has 0 aliphatic carbocycles. The molecule has 3 rings (SSSR count). The Morgan fingerprint density at radius 1 is 0.857 bits per heavy atom. The van der Waals surface area contributed by atoms with Crippen LogP contribution in [0.25, 0.3) is 0 Å². The minimum Gasteiger partial charge on any atom is -0.326 e. The van der Waals surface area contributed by atoms with Crippen LogP contribution in [-0.4, -0.2) is 17.1 Å². The first-order valence-electron chi connectivity index (χ1n) is 9.03. The Kier molecular flexibility index (Phi) is 6.50. The molecule has 0 aliphatic rings. The summed E-state index contributed by atoms with van der Waals surface area (Å²) in [5, 5.41) is 2.46. The summed E-state index contributed by atoms with van der Waals surface area (Å²) in [5.41, 5.74) is 2.39. The standard InChI is InChI=1S/C23H22N2O2S/c1-17(28-22-15-9-10-19(16-22)24-18(2)26)23(27)25(20-11-5-3-6-12-20)21-13-7-4-8-14-21/h3-17H,1-2H3,(H,24,26). The van der Waals surface area contributed by atoms with Crippen molar-refractivity contribution in [3.05, 3.63) is 84.9 Å². The van der Waals surface area contributed by atoms with Crippen LogP contribution in [0.2, 0.25) is 0 Å². The summed E-state index contributed by atoms with van der Waals surface area (Å²) in [6, 6.07) is 26.8. The van der Waals surface area contributed by atoms with E-state index in [-0.39, 0.29) is 17.1 Å². The number of nitrogens with zero attached hydrogens (tertiary/aromatic N) is 1. The molecule has 0 aliphatic heterocycles. The fraction of sp³-hybridized carbons (Fsp3) is 0.130. The molecule has 0 bridgehead atoms. The van der Waals surface area contributed by atoms with E-state index in [0.29, 0.717) is 0 Å². The van der Waals surface area contributed by atoms with Crippen LogP contribution in [0, 0.1) is 0 Å². The van der Waals surface area contributed by atoms with Crippen molar-refractivity contribution in [3.63, 3.8) is 0 Å². The second-order valence-corrected chi connectivity index (χ2v) is 7.73. The number of benzene rings is 3. The Morgan fingerprint density at radius 2 is 1.43 bits per heavy atom. The Hall–Kier alpha value is -3.05. The van der Waals surface area contributed by atoms with E-state index in [0.717, 1.165) is 22.0 Å². The summed E-state index contributed by atoms with van der Waals surface area (Å²) in [6.45, 7) is 3.38.